The van der Waals surface area contributed by atoms with Crippen LogP contribution >= 0.6 is 11.8 Å². The van der Waals surface area contributed by atoms with Crippen molar-refractivity contribution in [2.45, 2.75) is 43.6 Å². The van der Waals surface area contributed by atoms with Gasteiger partial charge in [-0.05, 0) is 58.1 Å². The Hall–Kier alpha value is -4.87. The zero-order valence-corrected chi connectivity index (χ0v) is 27.0. The Labute approximate surface area is 283 Å². The zero-order chi connectivity index (χ0) is 33.5. The minimum Gasteiger partial charge on any atom is -0.478 e. The maximum Gasteiger partial charge on any atom is 0.338 e. The fourth-order valence-corrected chi connectivity index (χ4v) is 6.77. The van der Waals surface area contributed by atoms with Gasteiger partial charge in [-0.25, -0.2) is 9.78 Å². The Kier molecular flexibility index (Phi) is 10.6. The van der Waals surface area contributed by atoms with Gasteiger partial charge in [0.05, 0.1) is 29.9 Å². The Morgan fingerprint density at radius 1 is 0.854 bits per heavy atom. The number of carboxylic acids is 1. The molecule has 0 radical (unpaired) electrons. The van der Waals surface area contributed by atoms with Gasteiger partial charge in [-0.1, -0.05) is 73.7 Å². The van der Waals surface area contributed by atoms with E-state index in [1.165, 1.54) is 11.8 Å². The first-order chi connectivity index (χ1) is 23.4. The molecule has 1 fully saturated rings. The van der Waals surface area contributed by atoms with E-state index in [0.717, 1.165) is 33.4 Å². The van der Waals surface area contributed by atoms with Gasteiger partial charge in [0.15, 0.2) is 6.29 Å². The summed E-state index contributed by atoms with van der Waals surface area (Å²) in [7, 11) is 0. The lowest BCUT2D eigenvalue weighted by Gasteiger charge is -2.41. The molecule has 9 nitrogen and oxygen atoms in total. The van der Waals surface area contributed by atoms with Crippen molar-refractivity contribution in [2.75, 3.05) is 5.75 Å². The highest BCUT2D eigenvalue weighted by molar-refractivity contribution is 7.99. The van der Waals surface area contributed by atoms with Gasteiger partial charge in [0, 0.05) is 42.4 Å². The summed E-state index contributed by atoms with van der Waals surface area (Å²) in [4.78, 5) is 32.6. The average Bonchev–Trinajstić information content (AvgIpc) is 3.14. The molecule has 1 saturated heterocycles. The van der Waals surface area contributed by atoms with Crippen LogP contribution in [-0.4, -0.2) is 43.9 Å². The molecule has 48 heavy (non-hydrogen) atoms. The Morgan fingerprint density at radius 3 is 2.35 bits per heavy atom. The molecule has 0 unspecified atom stereocenters. The van der Waals surface area contributed by atoms with E-state index in [-0.39, 0.29) is 36.2 Å². The number of nitrogens with zero attached hydrogens (tertiary/aromatic N) is 2. The lowest BCUT2D eigenvalue weighted by atomic mass is 9.91. The molecule has 3 N–H and O–H groups in total. The number of thioether (sulfide) groups is 1. The molecule has 5 aromatic rings. The molecule has 4 atom stereocenters. The number of ether oxygens (including phenoxy) is 2. The van der Waals surface area contributed by atoms with Crippen LogP contribution in [-0.2, 0) is 22.6 Å². The van der Waals surface area contributed by atoms with Crippen molar-refractivity contribution in [1.82, 2.24) is 15.3 Å². The van der Waals surface area contributed by atoms with Crippen molar-refractivity contribution in [3.05, 3.63) is 149 Å². The summed E-state index contributed by atoms with van der Waals surface area (Å²) < 4.78 is 13.2. The number of pyridine rings is 2. The number of hydrogen-bond donors (Lipinski definition) is 3. The molecule has 1 aliphatic heterocycles. The summed E-state index contributed by atoms with van der Waals surface area (Å²) in [6.07, 6.45) is 3.52. The van der Waals surface area contributed by atoms with Gasteiger partial charge < -0.3 is 25.0 Å². The van der Waals surface area contributed by atoms with Gasteiger partial charge in [0.1, 0.15) is 5.03 Å². The summed E-state index contributed by atoms with van der Waals surface area (Å²) in [5.74, 6) is -0.787. The number of aromatic nitrogens is 2. The second-order valence-corrected chi connectivity index (χ2v) is 12.5. The van der Waals surface area contributed by atoms with Crippen LogP contribution in [0, 0.1) is 5.92 Å². The number of amides is 1. The smallest absolute Gasteiger partial charge is 0.338 e. The number of benzene rings is 3. The van der Waals surface area contributed by atoms with Gasteiger partial charge >= 0.3 is 5.97 Å². The fourth-order valence-electron chi connectivity index (χ4n) is 5.61. The summed E-state index contributed by atoms with van der Waals surface area (Å²) in [5.41, 5.74) is 6.28. The summed E-state index contributed by atoms with van der Waals surface area (Å²) in [6.45, 7) is 2.41. The van der Waals surface area contributed by atoms with Gasteiger partial charge in [-0.3, -0.25) is 9.78 Å². The molecule has 2 aromatic heterocycles. The number of nitrogens with one attached hydrogen (secondary N) is 1. The third-order valence-corrected chi connectivity index (χ3v) is 9.42. The second-order valence-electron chi connectivity index (χ2n) is 11.5. The van der Waals surface area contributed by atoms with Gasteiger partial charge in [0.2, 0.25) is 0 Å². The zero-order valence-electron chi connectivity index (χ0n) is 26.2. The van der Waals surface area contributed by atoms with Crippen LogP contribution in [0.4, 0.5) is 0 Å². The van der Waals surface area contributed by atoms with Gasteiger partial charge in [0.25, 0.3) is 5.91 Å². The highest BCUT2D eigenvalue weighted by atomic mass is 32.2. The quantitative estimate of drug-likeness (QED) is 0.130. The molecular formula is C38H35N3O6S. The molecular weight excluding hydrogens is 627 g/mol. The lowest BCUT2D eigenvalue weighted by molar-refractivity contribution is -0.268. The first kappa shape index (κ1) is 33.0. The maximum atomic E-state index is 12.5. The Morgan fingerprint density at radius 2 is 1.62 bits per heavy atom. The third-order valence-electron chi connectivity index (χ3n) is 8.33. The van der Waals surface area contributed by atoms with Crippen LogP contribution in [0.2, 0.25) is 0 Å². The normalized spacial score (nSPS) is 19.0. The standard InChI is InChI=1S/C38H35N3O6S/c1-24-33(23-48-36-32(37(44)45)8-4-18-40-36)46-38(47-34(24)28-11-9-25(22-42)10-12-28)29-15-13-27(14-16-29)30-6-2-5-26(19-30)20-41-35(43)31-7-3-17-39-21-31/h2-19,21,24,33-34,38,42H,20,22-23H2,1H3,(H,41,43)(H,44,45)/t24-,33+,34+,38+/m0/s1. The van der Waals surface area contributed by atoms with E-state index in [9.17, 15) is 19.8 Å². The van der Waals surface area contributed by atoms with E-state index in [0.29, 0.717) is 22.9 Å². The van der Waals surface area contributed by atoms with E-state index in [2.05, 4.69) is 28.3 Å². The topological polar surface area (TPSA) is 131 Å². The molecule has 1 amide bonds. The van der Waals surface area contributed by atoms with Crippen LogP contribution in [0.25, 0.3) is 11.1 Å². The number of aromatic carboxylic acids is 1. The molecule has 3 aromatic carbocycles. The minimum atomic E-state index is -1.02. The van der Waals surface area contributed by atoms with Crippen LogP contribution in [0.3, 0.4) is 0 Å². The second kappa shape index (κ2) is 15.4. The number of aliphatic hydroxyl groups excluding tert-OH is 1. The molecule has 0 bridgehead atoms. The van der Waals surface area contributed by atoms with Crippen molar-refractivity contribution in [2.24, 2.45) is 5.92 Å². The molecule has 3 heterocycles. The number of rotatable bonds is 11. The predicted octanol–water partition coefficient (Wildman–Crippen LogP) is 6.85. The number of carbonyl (C=O) groups is 2. The highest BCUT2D eigenvalue weighted by Crippen LogP contribution is 2.43. The van der Waals surface area contributed by atoms with Gasteiger partial charge in [-0.15, -0.1) is 11.8 Å². The van der Waals surface area contributed by atoms with Crippen molar-refractivity contribution >= 4 is 23.6 Å². The first-order valence-corrected chi connectivity index (χ1v) is 16.6. The van der Waals surface area contributed by atoms with E-state index >= 15 is 0 Å². The number of aliphatic hydroxyl groups is 1. The predicted molar refractivity (Wildman–Crippen MR) is 182 cm³/mol. The van der Waals surface area contributed by atoms with Crippen LogP contribution in [0.1, 0.15) is 62.3 Å². The van der Waals surface area contributed by atoms with Crippen molar-refractivity contribution in [1.29, 1.82) is 0 Å². The first-order valence-electron chi connectivity index (χ1n) is 15.6. The number of carbonyl (C=O) groups excluding carboxylic acids is 1. The van der Waals surface area contributed by atoms with Crippen molar-refractivity contribution < 1.29 is 29.3 Å². The molecule has 0 saturated carbocycles. The van der Waals surface area contributed by atoms with E-state index in [1.807, 2.05) is 66.7 Å². The van der Waals surface area contributed by atoms with E-state index in [4.69, 9.17) is 9.47 Å². The minimum absolute atomic E-state index is 0.0440. The lowest BCUT2D eigenvalue weighted by Crippen LogP contribution is -2.38. The summed E-state index contributed by atoms with van der Waals surface area (Å²) in [6, 6.07) is 30.4. The molecule has 10 heteroatoms. The number of carboxylic acid groups (broad SMARTS) is 1. The molecule has 0 aliphatic carbocycles. The monoisotopic (exact) mass is 661 g/mol. The molecule has 244 valence electrons. The van der Waals surface area contributed by atoms with E-state index in [1.54, 1.807) is 42.9 Å². The van der Waals surface area contributed by atoms with E-state index < -0.39 is 12.3 Å². The molecule has 1 aliphatic rings. The maximum absolute atomic E-state index is 12.5. The largest absolute Gasteiger partial charge is 0.478 e. The Balaban J connectivity index is 1.19. The van der Waals surface area contributed by atoms with Crippen LogP contribution in [0.5, 0.6) is 0 Å². The summed E-state index contributed by atoms with van der Waals surface area (Å²) >= 11 is 1.36. The molecule has 6 rings (SSSR count). The number of hydrogen-bond acceptors (Lipinski definition) is 8. The molecule has 0 spiro atoms. The van der Waals surface area contributed by atoms with Crippen molar-refractivity contribution in [3.63, 3.8) is 0 Å². The average molecular weight is 662 g/mol. The Bertz CT molecular complexity index is 1850. The highest BCUT2D eigenvalue weighted by Gasteiger charge is 2.38. The SMILES string of the molecule is C[C@H]1[C@@H](CSc2ncccc2C(=O)O)O[C@@H](c2ccc(-c3cccc(CNC(=O)c4cccnc4)c3)cc2)O[C@H]1c1ccc(CO)cc1. The fraction of sp³-hybridized carbons (Fsp3) is 0.211. The van der Waals surface area contributed by atoms with Crippen LogP contribution in [0.15, 0.2) is 121 Å². The van der Waals surface area contributed by atoms with Crippen LogP contribution < -0.4 is 5.32 Å². The summed E-state index contributed by atoms with van der Waals surface area (Å²) in [5, 5.41) is 22.6. The van der Waals surface area contributed by atoms with Gasteiger partial charge in [-0.2, -0.15) is 0 Å². The third kappa shape index (κ3) is 7.80. The van der Waals surface area contributed by atoms with Crippen molar-refractivity contribution in [3.8, 4) is 11.1 Å².